The molecule has 0 aromatic carbocycles. The lowest BCUT2D eigenvalue weighted by Gasteiger charge is -2.40. The number of rotatable bonds is 11. The van der Waals surface area contributed by atoms with Crippen LogP contribution in [0.25, 0.3) is 0 Å². The van der Waals surface area contributed by atoms with Crippen molar-refractivity contribution >= 4 is 17.5 Å². The lowest BCUT2D eigenvalue weighted by molar-refractivity contribution is -0.129. The molecule has 186 valence electrons. The molecule has 1 fully saturated rings. The van der Waals surface area contributed by atoms with Crippen LogP contribution < -0.4 is 27.4 Å². The number of unbranched alkanes of at least 4 members (excludes halogenated alkanes) is 1. The Morgan fingerprint density at radius 3 is 2.88 bits per heavy atom. The van der Waals surface area contributed by atoms with Crippen LogP contribution in [0.15, 0.2) is 11.1 Å². The molecule has 9 heteroatoms. The second-order valence-corrected chi connectivity index (χ2v) is 10.1. The van der Waals surface area contributed by atoms with E-state index in [1.54, 1.807) is 7.11 Å². The molecule has 0 aromatic rings. The van der Waals surface area contributed by atoms with Crippen LogP contribution in [0, 0.1) is 11.3 Å². The summed E-state index contributed by atoms with van der Waals surface area (Å²) < 4.78 is 11.1. The fourth-order valence-electron chi connectivity index (χ4n) is 4.77. The number of carbonyl (C=O) groups excluding carboxylic acids is 1. The second-order valence-electron chi connectivity index (χ2n) is 9.57. The minimum atomic E-state index is -0.783. The van der Waals surface area contributed by atoms with Gasteiger partial charge in [0.1, 0.15) is 0 Å². The zero-order valence-corrected chi connectivity index (χ0v) is 20.8. The molecule has 0 saturated carbocycles. The number of methoxy groups -OCH3 is 1. The molecule has 2 heterocycles. The summed E-state index contributed by atoms with van der Waals surface area (Å²) in [6.45, 7) is 7.51. The number of ether oxygens (including phenoxy) is 2. The van der Waals surface area contributed by atoms with Gasteiger partial charge in [-0.2, -0.15) is 0 Å². The van der Waals surface area contributed by atoms with Crippen LogP contribution in [0.5, 0.6) is 0 Å². The van der Waals surface area contributed by atoms with Gasteiger partial charge in [0.15, 0.2) is 0 Å². The number of allylic oxidation sites excluding steroid dienone is 1. The van der Waals surface area contributed by atoms with Crippen LogP contribution >= 0.6 is 11.6 Å². The van der Waals surface area contributed by atoms with E-state index in [-0.39, 0.29) is 29.5 Å². The molecule has 1 amide bonds. The molecule has 7 N–H and O–H groups in total. The van der Waals surface area contributed by atoms with Crippen LogP contribution in [-0.4, -0.2) is 70.2 Å². The maximum absolute atomic E-state index is 13.5. The van der Waals surface area contributed by atoms with Crippen molar-refractivity contribution in [3.05, 3.63) is 11.1 Å². The van der Waals surface area contributed by atoms with E-state index in [2.05, 4.69) is 35.9 Å². The van der Waals surface area contributed by atoms with Crippen molar-refractivity contribution in [2.75, 3.05) is 40.0 Å². The van der Waals surface area contributed by atoms with Crippen LogP contribution in [0.4, 0.5) is 0 Å². The lowest BCUT2D eigenvalue weighted by Crippen LogP contribution is -2.62. The summed E-state index contributed by atoms with van der Waals surface area (Å²) in [5, 5.41) is 10.8. The first-order valence-corrected chi connectivity index (χ1v) is 12.4. The molecule has 8 nitrogen and oxygen atoms in total. The number of halogens is 1. The van der Waals surface area contributed by atoms with E-state index in [1.807, 2.05) is 0 Å². The molecule has 2 rings (SSSR count). The van der Waals surface area contributed by atoms with E-state index in [0.29, 0.717) is 26.3 Å². The molecule has 2 aliphatic heterocycles. The Morgan fingerprint density at radius 1 is 1.41 bits per heavy atom. The Labute approximate surface area is 198 Å². The van der Waals surface area contributed by atoms with Gasteiger partial charge in [-0.25, -0.2) is 0 Å². The number of hydrogen-bond acceptors (Lipinski definition) is 7. The molecule has 5 atom stereocenters. The molecule has 0 aliphatic carbocycles. The third-order valence-corrected chi connectivity index (χ3v) is 7.00. The van der Waals surface area contributed by atoms with E-state index < -0.39 is 12.1 Å². The zero-order chi connectivity index (χ0) is 23.6. The van der Waals surface area contributed by atoms with Crippen LogP contribution in [0.2, 0.25) is 0 Å². The third-order valence-electron chi connectivity index (χ3n) is 6.71. The number of nitrogens with one attached hydrogen (secondary N) is 3. The van der Waals surface area contributed by atoms with Gasteiger partial charge in [0, 0.05) is 31.3 Å². The van der Waals surface area contributed by atoms with Gasteiger partial charge >= 0.3 is 0 Å². The van der Waals surface area contributed by atoms with Crippen LogP contribution in [-0.2, 0) is 14.3 Å². The molecule has 4 unspecified atom stereocenters. The van der Waals surface area contributed by atoms with Gasteiger partial charge in [-0.05, 0) is 37.6 Å². The molecule has 0 spiro atoms. The van der Waals surface area contributed by atoms with Crippen molar-refractivity contribution in [2.45, 2.75) is 76.7 Å². The van der Waals surface area contributed by atoms with Crippen molar-refractivity contribution in [1.82, 2.24) is 16.0 Å². The molecule has 1 saturated heterocycles. The van der Waals surface area contributed by atoms with E-state index in [0.717, 1.165) is 50.1 Å². The number of hydrogen-bond donors (Lipinski definition) is 5. The highest BCUT2D eigenvalue weighted by Crippen LogP contribution is 2.37. The smallest absolute Gasteiger partial charge is 0.227 e. The average molecular weight is 474 g/mol. The van der Waals surface area contributed by atoms with Gasteiger partial charge in [-0.1, -0.05) is 44.4 Å². The SMILES string of the molecule is CCCC[C@]1(C)CC=C(Cl)CNC(C(C(=O)NC2CNCCC2OCCOC)C(N)N)C1. The quantitative estimate of drug-likeness (QED) is 0.227. The highest BCUT2D eigenvalue weighted by Gasteiger charge is 2.39. The predicted octanol–water partition coefficient (Wildman–Crippen LogP) is 1.43. The Hall–Kier alpha value is -0.740. The van der Waals surface area contributed by atoms with E-state index in [1.165, 1.54) is 0 Å². The Bertz CT molecular complexity index is 606. The van der Waals surface area contributed by atoms with Crippen molar-refractivity contribution in [2.24, 2.45) is 22.8 Å². The molecule has 0 radical (unpaired) electrons. The van der Waals surface area contributed by atoms with E-state index >= 15 is 0 Å². The minimum absolute atomic E-state index is 0.0276. The summed E-state index contributed by atoms with van der Waals surface area (Å²) in [5.41, 5.74) is 12.4. The summed E-state index contributed by atoms with van der Waals surface area (Å²) in [4.78, 5) is 13.5. The summed E-state index contributed by atoms with van der Waals surface area (Å²) >= 11 is 6.42. The fraction of sp³-hybridized carbons (Fsp3) is 0.870. The van der Waals surface area contributed by atoms with Gasteiger partial charge in [0.05, 0.1) is 37.4 Å². The molecule has 2 aliphatic rings. The predicted molar refractivity (Wildman–Crippen MR) is 129 cm³/mol. The Balaban J connectivity index is 2.13. The first-order chi connectivity index (χ1) is 15.3. The van der Waals surface area contributed by atoms with Crippen molar-refractivity contribution in [1.29, 1.82) is 0 Å². The highest BCUT2D eigenvalue weighted by atomic mass is 35.5. The standard InChI is InChI=1S/C23H44ClN5O3/c1-4-5-8-23(2)9-6-16(24)14-28-17(13-23)20(21(25)26)22(30)29-18-15-27-10-7-19(18)32-12-11-31-3/h6,17-21,27-28H,4-5,7-15,25-26H2,1-3H3,(H,29,30)/t17?,18?,19?,20?,23-/m1/s1. The third kappa shape index (κ3) is 8.56. The molecule has 0 bridgehead atoms. The number of nitrogens with two attached hydrogens (primary N) is 2. The van der Waals surface area contributed by atoms with Crippen molar-refractivity contribution in [3.8, 4) is 0 Å². The first-order valence-electron chi connectivity index (χ1n) is 12.0. The summed E-state index contributed by atoms with van der Waals surface area (Å²) in [6.07, 6.45) is 7.11. The topological polar surface area (TPSA) is 124 Å². The second kappa shape index (κ2) is 13.8. The molecular formula is C23H44ClN5O3. The monoisotopic (exact) mass is 473 g/mol. The van der Waals surface area contributed by atoms with Gasteiger partial charge in [-0.3, -0.25) is 4.79 Å². The zero-order valence-electron chi connectivity index (χ0n) is 20.0. The van der Waals surface area contributed by atoms with Gasteiger partial charge < -0.3 is 36.9 Å². The van der Waals surface area contributed by atoms with E-state index in [4.69, 9.17) is 32.5 Å². The highest BCUT2D eigenvalue weighted by molar-refractivity contribution is 6.29. The summed E-state index contributed by atoms with van der Waals surface area (Å²) in [6, 6.07) is -0.304. The van der Waals surface area contributed by atoms with Crippen molar-refractivity contribution in [3.63, 3.8) is 0 Å². The van der Waals surface area contributed by atoms with E-state index in [9.17, 15) is 4.79 Å². The van der Waals surface area contributed by atoms with Crippen LogP contribution in [0.1, 0.15) is 52.4 Å². The largest absolute Gasteiger partial charge is 0.382 e. The van der Waals surface area contributed by atoms with Crippen molar-refractivity contribution < 1.29 is 14.3 Å². The minimum Gasteiger partial charge on any atom is -0.382 e. The first kappa shape index (κ1) is 27.5. The average Bonchev–Trinajstić information content (AvgIpc) is 2.75. The maximum atomic E-state index is 13.5. The Kier molecular flexibility index (Phi) is 11.9. The summed E-state index contributed by atoms with van der Waals surface area (Å²) in [7, 11) is 1.65. The number of amides is 1. The van der Waals surface area contributed by atoms with Gasteiger partial charge in [0.2, 0.25) is 5.91 Å². The fourth-order valence-corrected chi connectivity index (χ4v) is 4.93. The number of piperidine rings is 1. The normalized spacial score (nSPS) is 30.3. The maximum Gasteiger partial charge on any atom is 0.227 e. The molecular weight excluding hydrogens is 430 g/mol. The summed E-state index contributed by atoms with van der Waals surface area (Å²) in [5.74, 6) is -0.704. The van der Waals surface area contributed by atoms with Gasteiger partial charge in [0.25, 0.3) is 0 Å². The van der Waals surface area contributed by atoms with Gasteiger partial charge in [-0.15, -0.1) is 0 Å². The molecule has 0 aromatic heterocycles. The molecule has 32 heavy (non-hydrogen) atoms. The number of carbonyl (C=O) groups is 1. The Morgan fingerprint density at radius 2 is 2.19 bits per heavy atom. The van der Waals surface area contributed by atoms with Crippen LogP contribution in [0.3, 0.4) is 0 Å². The lowest BCUT2D eigenvalue weighted by atomic mass is 9.73.